The second kappa shape index (κ2) is 5.91. The Hall–Kier alpha value is -1.01. The zero-order valence-electron chi connectivity index (χ0n) is 9.10. The van der Waals surface area contributed by atoms with Crippen molar-refractivity contribution in [1.29, 1.82) is 0 Å². The van der Waals surface area contributed by atoms with Crippen molar-refractivity contribution < 1.29 is 22.5 Å². The molecule has 0 saturated heterocycles. The summed E-state index contributed by atoms with van der Waals surface area (Å²) in [6.45, 7) is 4.10. The Balaban J connectivity index is 3.00. The smallest absolute Gasteiger partial charge is 0.408 e. The third kappa shape index (κ3) is 2.99. The number of halogens is 3. The van der Waals surface area contributed by atoms with Gasteiger partial charge in [0, 0.05) is 13.2 Å². The van der Waals surface area contributed by atoms with Gasteiger partial charge < -0.3 is 9.31 Å². The van der Waals surface area contributed by atoms with E-state index in [0.29, 0.717) is 13.2 Å². The summed E-state index contributed by atoms with van der Waals surface area (Å²) in [5.41, 5.74) is 0.125. The van der Waals surface area contributed by atoms with Gasteiger partial charge in [-0.3, -0.25) is 0 Å². The summed E-state index contributed by atoms with van der Waals surface area (Å²) in [4.78, 5) is 0. The van der Waals surface area contributed by atoms with Gasteiger partial charge >= 0.3 is 7.12 Å². The Labute approximate surface area is 92.5 Å². The van der Waals surface area contributed by atoms with E-state index in [4.69, 9.17) is 9.31 Å². The van der Waals surface area contributed by atoms with Crippen LogP contribution in [0.5, 0.6) is 0 Å². The van der Waals surface area contributed by atoms with Crippen molar-refractivity contribution in [3.8, 4) is 0 Å². The number of hydrogen-bond donors (Lipinski definition) is 0. The lowest BCUT2D eigenvalue weighted by Crippen LogP contribution is -2.37. The van der Waals surface area contributed by atoms with Crippen LogP contribution < -0.4 is 5.46 Å². The van der Waals surface area contributed by atoms with Crippen molar-refractivity contribution in [2.24, 2.45) is 0 Å². The van der Waals surface area contributed by atoms with E-state index < -0.39 is 24.6 Å². The van der Waals surface area contributed by atoms with E-state index in [-0.39, 0.29) is 5.46 Å². The first-order valence-electron chi connectivity index (χ1n) is 4.97. The highest BCUT2D eigenvalue weighted by Gasteiger charge is 2.23. The molecule has 0 bridgehead atoms. The molecule has 2 nitrogen and oxygen atoms in total. The van der Waals surface area contributed by atoms with Crippen LogP contribution >= 0.6 is 0 Å². The molecule has 1 aromatic rings. The quantitative estimate of drug-likeness (QED) is 0.569. The fourth-order valence-electron chi connectivity index (χ4n) is 1.25. The Kier molecular flexibility index (Phi) is 4.83. The maximum Gasteiger partial charge on any atom is 0.494 e. The highest BCUT2D eigenvalue weighted by Crippen LogP contribution is 2.09. The molecule has 0 amide bonds. The van der Waals surface area contributed by atoms with Crippen molar-refractivity contribution in [2.45, 2.75) is 13.8 Å². The van der Waals surface area contributed by atoms with Gasteiger partial charge in [0.15, 0.2) is 17.5 Å². The molecule has 0 spiro atoms. The Morgan fingerprint density at radius 1 is 1.00 bits per heavy atom. The minimum Gasteiger partial charge on any atom is -0.408 e. The molecule has 0 aliphatic carbocycles. The van der Waals surface area contributed by atoms with Gasteiger partial charge in [0.25, 0.3) is 0 Å². The van der Waals surface area contributed by atoms with Crippen molar-refractivity contribution >= 4 is 12.6 Å². The van der Waals surface area contributed by atoms with Crippen LogP contribution in [0, 0.1) is 17.5 Å². The van der Waals surface area contributed by atoms with E-state index in [1.165, 1.54) is 0 Å². The summed E-state index contributed by atoms with van der Waals surface area (Å²) in [6.07, 6.45) is 0. The zero-order valence-corrected chi connectivity index (χ0v) is 9.10. The van der Waals surface area contributed by atoms with Crippen LogP contribution in [0.25, 0.3) is 0 Å². The van der Waals surface area contributed by atoms with E-state index in [2.05, 4.69) is 0 Å². The van der Waals surface area contributed by atoms with Gasteiger partial charge in [-0.15, -0.1) is 0 Å². The lowest BCUT2D eigenvalue weighted by atomic mass is 9.78. The highest BCUT2D eigenvalue weighted by atomic mass is 19.2. The summed E-state index contributed by atoms with van der Waals surface area (Å²) in [6, 6.07) is 1.74. The van der Waals surface area contributed by atoms with Gasteiger partial charge in [0.1, 0.15) is 0 Å². The molecular formula is C10H12BF3O2. The van der Waals surface area contributed by atoms with Crippen LogP contribution in [-0.2, 0) is 9.31 Å². The molecule has 0 saturated carbocycles. The maximum absolute atomic E-state index is 13.0. The molecule has 88 valence electrons. The largest absolute Gasteiger partial charge is 0.494 e. The second-order valence-corrected chi connectivity index (χ2v) is 3.04. The van der Waals surface area contributed by atoms with E-state index >= 15 is 0 Å². The molecule has 0 unspecified atom stereocenters. The Morgan fingerprint density at radius 3 is 1.81 bits per heavy atom. The summed E-state index contributed by atoms with van der Waals surface area (Å²) >= 11 is 0. The first-order chi connectivity index (χ1) is 7.60. The molecular weight excluding hydrogens is 220 g/mol. The molecule has 0 atom stereocenters. The van der Waals surface area contributed by atoms with Gasteiger partial charge in [-0.05, 0) is 31.4 Å². The monoisotopic (exact) mass is 232 g/mol. The normalized spacial score (nSPS) is 10.6. The zero-order chi connectivity index (χ0) is 12.1. The van der Waals surface area contributed by atoms with Crippen molar-refractivity contribution in [3.05, 3.63) is 29.6 Å². The van der Waals surface area contributed by atoms with E-state index in [0.717, 1.165) is 12.1 Å². The molecule has 0 N–H and O–H groups in total. The molecule has 6 heteroatoms. The van der Waals surface area contributed by atoms with Crippen LogP contribution in [0.3, 0.4) is 0 Å². The van der Waals surface area contributed by atoms with Crippen LogP contribution in [0.1, 0.15) is 13.8 Å². The maximum atomic E-state index is 13.0. The third-order valence-corrected chi connectivity index (χ3v) is 1.91. The molecule has 0 heterocycles. The van der Waals surface area contributed by atoms with Gasteiger partial charge in [-0.1, -0.05) is 0 Å². The topological polar surface area (TPSA) is 18.5 Å². The van der Waals surface area contributed by atoms with Gasteiger partial charge in [-0.2, -0.15) is 0 Å². The summed E-state index contributed by atoms with van der Waals surface area (Å²) in [5.74, 6) is -3.99. The van der Waals surface area contributed by atoms with E-state index in [1.54, 1.807) is 13.8 Å². The van der Waals surface area contributed by atoms with Crippen molar-refractivity contribution in [1.82, 2.24) is 0 Å². The summed E-state index contributed by atoms with van der Waals surface area (Å²) in [7, 11) is -0.875. The summed E-state index contributed by atoms with van der Waals surface area (Å²) < 4.78 is 48.9. The van der Waals surface area contributed by atoms with E-state index in [9.17, 15) is 13.2 Å². The summed E-state index contributed by atoms with van der Waals surface area (Å²) in [5, 5.41) is 0. The molecule has 0 aliphatic rings. The number of rotatable bonds is 5. The first kappa shape index (κ1) is 13.1. The first-order valence-corrected chi connectivity index (χ1v) is 4.97. The SMILES string of the molecule is CCOB(OCC)c1cc(F)c(F)c(F)c1. The average molecular weight is 232 g/mol. The van der Waals surface area contributed by atoms with Crippen LogP contribution in [0.2, 0.25) is 0 Å². The van der Waals surface area contributed by atoms with Gasteiger partial charge in [-0.25, -0.2) is 13.2 Å². The van der Waals surface area contributed by atoms with Crippen molar-refractivity contribution in [2.75, 3.05) is 13.2 Å². The molecule has 1 rings (SSSR count). The molecule has 0 radical (unpaired) electrons. The van der Waals surface area contributed by atoms with Crippen LogP contribution in [-0.4, -0.2) is 20.3 Å². The lowest BCUT2D eigenvalue weighted by molar-refractivity contribution is 0.225. The second-order valence-electron chi connectivity index (χ2n) is 3.04. The van der Waals surface area contributed by atoms with Gasteiger partial charge in [0.2, 0.25) is 0 Å². The lowest BCUT2D eigenvalue weighted by Gasteiger charge is -2.12. The van der Waals surface area contributed by atoms with E-state index in [1.807, 2.05) is 0 Å². The standard InChI is InChI=1S/C10H12BF3O2/c1-3-15-11(16-4-2)7-5-8(12)10(14)9(13)6-7/h5-6H,3-4H2,1-2H3. The highest BCUT2D eigenvalue weighted by molar-refractivity contribution is 6.61. The fourth-order valence-corrected chi connectivity index (χ4v) is 1.25. The Morgan fingerprint density at radius 2 is 1.44 bits per heavy atom. The Bertz CT molecular complexity index is 331. The van der Waals surface area contributed by atoms with Crippen molar-refractivity contribution in [3.63, 3.8) is 0 Å². The molecule has 0 aliphatic heterocycles. The molecule has 0 fully saturated rings. The number of hydrogen-bond acceptors (Lipinski definition) is 2. The predicted molar refractivity (Wildman–Crippen MR) is 55.0 cm³/mol. The minimum atomic E-state index is -1.49. The van der Waals surface area contributed by atoms with Crippen LogP contribution in [0.4, 0.5) is 13.2 Å². The fraction of sp³-hybridized carbons (Fsp3) is 0.400. The average Bonchev–Trinajstić information content (AvgIpc) is 2.25. The molecule has 0 aromatic heterocycles. The molecule has 1 aromatic carbocycles. The number of benzene rings is 1. The third-order valence-electron chi connectivity index (χ3n) is 1.91. The van der Waals surface area contributed by atoms with Crippen LogP contribution in [0.15, 0.2) is 12.1 Å². The van der Waals surface area contributed by atoms with Gasteiger partial charge in [0.05, 0.1) is 0 Å². The minimum absolute atomic E-state index is 0.125. The molecule has 16 heavy (non-hydrogen) atoms. The predicted octanol–water partition coefficient (Wildman–Crippen LogP) is 1.87.